The molecule has 0 bridgehead atoms. The summed E-state index contributed by atoms with van der Waals surface area (Å²) in [5, 5.41) is 0. The summed E-state index contributed by atoms with van der Waals surface area (Å²) in [5.74, 6) is 0. The van der Waals surface area contributed by atoms with E-state index >= 15 is 0 Å². The first-order valence-electron chi connectivity index (χ1n) is 0. The summed E-state index contributed by atoms with van der Waals surface area (Å²) < 4.78 is 0. The van der Waals surface area contributed by atoms with Crippen LogP contribution in [0.1, 0.15) is 0 Å². The van der Waals surface area contributed by atoms with Gasteiger partial charge in [-0.25, -0.2) is 0 Å². The van der Waals surface area contributed by atoms with Crippen LogP contribution in [-0.4, -0.2) is 17.4 Å². The van der Waals surface area contributed by atoms with Crippen molar-refractivity contribution < 1.29 is 0 Å². The van der Waals surface area contributed by atoms with E-state index in [1.54, 1.807) is 0 Å². The Balaban J connectivity index is 0. The second-order valence-electron chi connectivity index (χ2n) is 0. The van der Waals surface area contributed by atoms with E-state index in [1.807, 2.05) is 0 Å². The molecule has 0 aliphatic heterocycles. The summed E-state index contributed by atoms with van der Waals surface area (Å²) in [5.41, 5.74) is 0. The third kappa shape index (κ3) is 27.1. The molecule has 0 spiro atoms. The van der Waals surface area contributed by atoms with E-state index in [4.69, 9.17) is 0 Å². The molecule has 0 aliphatic carbocycles. The number of rotatable bonds is 0. The fourth-order valence-electron chi connectivity index (χ4n) is 0. The second kappa shape index (κ2) is 43.8. The van der Waals surface area contributed by atoms with Crippen molar-refractivity contribution in [2.24, 2.45) is 0 Å². The maximum atomic E-state index is 0. The van der Waals surface area contributed by atoms with Crippen LogP contribution in [0.25, 0.3) is 0 Å². The number of hydrogen-bond donors (Lipinski definition) is 0. The van der Waals surface area contributed by atoms with Crippen LogP contribution in [0.5, 0.6) is 0 Å². The van der Waals surface area contributed by atoms with Crippen LogP contribution in [-0.2, 0) is 0 Å². The van der Waals surface area contributed by atoms with Gasteiger partial charge >= 0.3 is 17.4 Å². The Bertz CT molecular complexity index is 3.61. The van der Waals surface area contributed by atoms with E-state index in [0.29, 0.717) is 0 Å². The molecule has 0 nitrogen and oxygen atoms in total. The normalized spacial score (nSPS) is 0. The minimum absolute atomic E-state index is 0. The average molecular weight is 173 g/mol. The van der Waals surface area contributed by atoms with E-state index in [2.05, 4.69) is 0 Å². The van der Waals surface area contributed by atoms with Gasteiger partial charge in [-0.3, -0.25) is 0 Å². The van der Waals surface area contributed by atoms with Crippen LogP contribution in [0, 0.1) is 0 Å². The molecule has 0 saturated heterocycles. The Morgan fingerprint density at radius 1 is 0.400 bits per heavy atom. The van der Waals surface area contributed by atoms with Gasteiger partial charge in [0.15, 0.2) is 0 Å². The van der Waals surface area contributed by atoms with Crippen molar-refractivity contribution >= 4 is 67.0 Å². The molecule has 0 fully saturated rings. The van der Waals surface area contributed by atoms with Crippen molar-refractivity contribution in [2.45, 2.75) is 0 Å². The largest absolute Gasteiger partial charge is 3.00 e. The molecule has 0 atom stereocenters. The van der Waals surface area contributed by atoms with Gasteiger partial charge in [0.1, 0.15) is 0 Å². The van der Waals surface area contributed by atoms with Gasteiger partial charge < -0.3 is 0 Å². The second-order valence-corrected chi connectivity index (χ2v) is 0. The third-order valence-corrected chi connectivity index (χ3v) is 0. The fraction of sp³-hybridized carbons (Fsp3) is 0. The Morgan fingerprint density at radius 3 is 0.400 bits per heavy atom. The van der Waals surface area contributed by atoms with E-state index in [9.17, 15) is 0 Å². The molecule has 0 N–H and O–H groups in total. The van der Waals surface area contributed by atoms with Gasteiger partial charge in [-0.15, -0.1) is 49.6 Å². The predicted molar refractivity (Wildman–Crippen MR) is 34.7 cm³/mol. The fourth-order valence-corrected chi connectivity index (χ4v) is 0. The topological polar surface area (TPSA) is 0 Å². The molecule has 0 saturated carbocycles. The van der Waals surface area contributed by atoms with Crippen LogP contribution >= 0.6 is 49.6 Å². The summed E-state index contributed by atoms with van der Waals surface area (Å²) in [6.45, 7) is 0. The first kappa shape index (κ1) is 75.7. The van der Waals surface area contributed by atoms with E-state index < -0.39 is 0 Å². The smallest absolute Gasteiger partial charge is 0.147 e. The summed E-state index contributed by atoms with van der Waals surface area (Å²) in [4.78, 5) is 0. The molecule has 5 heteroatoms. The van der Waals surface area contributed by atoms with Gasteiger partial charge in [0.25, 0.3) is 0 Å². The minimum atomic E-state index is 0. The van der Waals surface area contributed by atoms with E-state index in [0.717, 1.165) is 0 Å². The molecule has 0 heterocycles. The van der Waals surface area contributed by atoms with Gasteiger partial charge in [0.2, 0.25) is 0 Å². The van der Waals surface area contributed by atoms with Crippen molar-refractivity contribution in [1.29, 1.82) is 0 Å². The number of halogens is 4. The zero-order valence-electron chi connectivity index (χ0n) is 2.21. The van der Waals surface area contributed by atoms with Crippen LogP contribution in [0.4, 0.5) is 0 Å². The molecule has 0 amide bonds. The first-order chi connectivity index (χ1) is 0. The molecule has 0 radical (unpaired) electrons. The quantitative estimate of drug-likeness (QED) is 0.484. The summed E-state index contributed by atoms with van der Waals surface area (Å²) >= 11 is 0. The van der Waals surface area contributed by atoms with E-state index in [-0.39, 0.29) is 67.0 Å². The van der Waals surface area contributed by atoms with Gasteiger partial charge in [0, 0.05) is 0 Å². The van der Waals surface area contributed by atoms with Crippen LogP contribution in [0.2, 0.25) is 0 Å². The molecule has 0 unspecified atom stereocenters. The first-order valence-corrected chi connectivity index (χ1v) is 0. The molecule has 0 aromatic rings. The Labute approximate surface area is 66.9 Å². The van der Waals surface area contributed by atoms with Crippen LogP contribution < -0.4 is 0 Å². The monoisotopic (exact) mass is 171 g/mol. The zero-order valence-corrected chi connectivity index (χ0v) is 6.63. The molecular formula is H4AlCl4+3. The molecule has 0 aliphatic rings. The van der Waals surface area contributed by atoms with Crippen LogP contribution in [0.3, 0.4) is 0 Å². The summed E-state index contributed by atoms with van der Waals surface area (Å²) in [6.07, 6.45) is 0. The van der Waals surface area contributed by atoms with Gasteiger partial charge in [-0.05, 0) is 0 Å². The van der Waals surface area contributed by atoms with Crippen molar-refractivity contribution in [3.05, 3.63) is 0 Å². The molecule has 0 aromatic carbocycles. The maximum Gasteiger partial charge on any atom is 3.00 e. The maximum absolute atomic E-state index is 0. The Morgan fingerprint density at radius 2 is 0.400 bits per heavy atom. The van der Waals surface area contributed by atoms with E-state index in [1.165, 1.54) is 0 Å². The van der Waals surface area contributed by atoms with Crippen molar-refractivity contribution in [1.82, 2.24) is 0 Å². The third-order valence-electron chi connectivity index (χ3n) is 0. The molecule has 32 valence electrons. The average Bonchev–Trinajstić information content (AvgIpc) is 0. The molecule has 0 aromatic heterocycles. The summed E-state index contributed by atoms with van der Waals surface area (Å²) in [6, 6.07) is 0. The Hall–Kier alpha value is 1.69. The minimum Gasteiger partial charge on any atom is -0.147 e. The summed E-state index contributed by atoms with van der Waals surface area (Å²) in [7, 11) is 0. The molecule has 0 rings (SSSR count). The SMILES string of the molecule is Cl.Cl.Cl.Cl.[Al+3]. The van der Waals surface area contributed by atoms with Crippen LogP contribution in [0.15, 0.2) is 0 Å². The predicted octanol–water partition coefficient (Wildman–Crippen LogP) is 1.31. The Kier molecular flexibility index (Phi) is 663. The number of hydrogen-bond acceptors (Lipinski definition) is 0. The molecule has 5 heavy (non-hydrogen) atoms. The van der Waals surface area contributed by atoms with Gasteiger partial charge in [-0.1, -0.05) is 0 Å². The zero-order chi connectivity index (χ0) is 0. The standard InChI is InChI=1S/Al.4ClH/h;4*1H/q+3;;;;. The van der Waals surface area contributed by atoms with Crippen molar-refractivity contribution in [3.63, 3.8) is 0 Å². The van der Waals surface area contributed by atoms with Crippen molar-refractivity contribution in [2.75, 3.05) is 0 Å². The van der Waals surface area contributed by atoms with Crippen molar-refractivity contribution in [3.8, 4) is 0 Å². The van der Waals surface area contributed by atoms with Gasteiger partial charge in [-0.2, -0.15) is 0 Å². The van der Waals surface area contributed by atoms with Gasteiger partial charge in [0.05, 0.1) is 0 Å². The molecular weight excluding hydrogens is 169 g/mol.